The minimum Gasteiger partial charge on any atom is -0.436 e. The van der Waals surface area contributed by atoms with Gasteiger partial charge in [-0.25, -0.2) is 9.78 Å². The smallest absolute Gasteiger partial charge is 0.343 e. The summed E-state index contributed by atoms with van der Waals surface area (Å²) in [5.41, 5.74) is 4.44. The fourth-order valence-electron chi connectivity index (χ4n) is 3.29. The average Bonchev–Trinajstić information content (AvgIpc) is 3.27. The largest absolute Gasteiger partial charge is 0.436 e. The highest BCUT2D eigenvalue weighted by atomic mass is 79.9. The van der Waals surface area contributed by atoms with Crippen LogP contribution < -0.4 is 4.74 Å². The monoisotopic (exact) mass is 574 g/mol. The molecule has 5 rings (SSSR count). The predicted octanol–water partition coefficient (Wildman–Crippen LogP) is 7.99. The zero-order chi connectivity index (χ0) is 23.5. The van der Waals surface area contributed by atoms with E-state index in [1.54, 1.807) is 36.5 Å². The quantitative estimate of drug-likeness (QED) is 0.121. The number of hydrogen-bond acceptors (Lipinski definition) is 5. The summed E-state index contributed by atoms with van der Waals surface area (Å²) in [6, 6.07) is 27.7. The van der Waals surface area contributed by atoms with Gasteiger partial charge in [0.2, 0.25) is 5.89 Å². The van der Waals surface area contributed by atoms with Crippen LogP contribution in [0.2, 0.25) is 0 Å². The summed E-state index contributed by atoms with van der Waals surface area (Å²) in [5, 5.41) is 0. The maximum absolute atomic E-state index is 12.3. The first kappa shape index (κ1) is 22.3. The molecule has 5 nitrogen and oxygen atoms in total. The van der Waals surface area contributed by atoms with Crippen LogP contribution in [0.15, 0.2) is 109 Å². The highest BCUT2D eigenvalue weighted by Crippen LogP contribution is 2.28. The molecular weight excluding hydrogens is 560 g/mol. The molecular formula is C27H16Br2N2O3. The number of fused-ring (bicyclic) bond motifs is 1. The third kappa shape index (κ3) is 5.16. The lowest BCUT2D eigenvalue weighted by molar-refractivity contribution is 0.0734. The van der Waals surface area contributed by atoms with Crippen molar-refractivity contribution in [1.82, 2.24) is 4.98 Å². The molecule has 0 bridgehead atoms. The van der Waals surface area contributed by atoms with E-state index in [-0.39, 0.29) is 0 Å². The summed E-state index contributed by atoms with van der Waals surface area (Å²) in [6.07, 6.45) is 1.75. The van der Waals surface area contributed by atoms with Crippen LogP contribution in [0.5, 0.6) is 5.75 Å². The van der Waals surface area contributed by atoms with Gasteiger partial charge in [0.25, 0.3) is 0 Å². The van der Waals surface area contributed by atoms with E-state index in [9.17, 15) is 4.79 Å². The highest BCUT2D eigenvalue weighted by Gasteiger charge is 2.10. The third-order valence-electron chi connectivity index (χ3n) is 4.96. The fraction of sp³-hybridized carbons (Fsp3) is 0. The molecule has 1 aromatic heterocycles. The maximum atomic E-state index is 12.3. The SMILES string of the molecule is O=C(Oc1ccc(C=Nc2ccc3oc(-c4cccc(Br)c4)nc3c2)cc1)c1cccc(Br)c1. The van der Waals surface area contributed by atoms with Crippen molar-refractivity contribution in [2.24, 2.45) is 4.99 Å². The van der Waals surface area contributed by atoms with E-state index in [2.05, 4.69) is 41.8 Å². The Labute approximate surface area is 212 Å². The van der Waals surface area contributed by atoms with Crippen molar-refractivity contribution in [3.8, 4) is 17.2 Å². The van der Waals surface area contributed by atoms with Crippen LogP contribution in [0, 0.1) is 0 Å². The van der Waals surface area contributed by atoms with Crippen molar-refractivity contribution < 1.29 is 13.9 Å². The summed E-state index contributed by atoms with van der Waals surface area (Å²) in [5.74, 6) is 0.613. The highest BCUT2D eigenvalue weighted by molar-refractivity contribution is 9.10. The molecule has 0 aliphatic carbocycles. The van der Waals surface area contributed by atoms with E-state index in [0.29, 0.717) is 22.8 Å². The average molecular weight is 576 g/mol. The summed E-state index contributed by atoms with van der Waals surface area (Å²) in [6.45, 7) is 0. The van der Waals surface area contributed by atoms with Gasteiger partial charge < -0.3 is 9.15 Å². The number of aromatic nitrogens is 1. The topological polar surface area (TPSA) is 64.7 Å². The molecule has 0 radical (unpaired) electrons. The van der Waals surface area contributed by atoms with Gasteiger partial charge in [-0.05, 0) is 84.4 Å². The van der Waals surface area contributed by atoms with Crippen LogP contribution in [0.4, 0.5) is 5.69 Å². The van der Waals surface area contributed by atoms with Gasteiger partial charge in [0.05, 0.1) is 11.3 Å². The maximum Gasteiger partial charge on any atom is 0.343 e. The first-order valence-corrected chi connectivity index (χ1v) is 11.9. The molecule has 0 unspecified atom stereocenters. The molecule has 0 fully saturated rings. The van der Waals surface area contributed by atoms with E-state index in [1.807, 2.05) is 60.7 Å². The van der Waals surface area contributed by atoms with E-state index >= 15 is 0 Å². The van der Waals surface area contributed by atoms with E-state index in [1.165, 1.54) is 0 Å². The Kier molecular flexibility index (Phi) is 6.38. The van der Waals surface area contributed by atoms with Gasteiger partial charge in [-0.1, -0.05) is 44.0 Å². The van der Waals surface area contributed by atoms with Crippen LogP contribution in [-0.4, -0.2) is 17.2 Å². The Bertz CT molecular complexity index is 1530. The lowest BCUT2D eigenvalue weighted by atomic mass is 10.2. The summed E-state index contributed by atoms with van der Waals surface area (Å²) >= 11 is 6.83. The van der Waals surface area contributed by atoms with Crippen molar-refractivity contribution in [1.29, 1.82) is 0 Å². The molecule has 0 atom stereocenters. The van der Waals surface area contributed by atoms with Crippen molar-refractivity contribution >= 4 is 60.8 Å². The van der Waals surface area contributed by atoms with Crippen LogP contribution in [-0.2, 0) is 0 Å². The van der Waals surface area contributed by atoms with Crippen LogP contribution >= 0.6 is 31.9 Å². The number of halogens is 2. The van der Waals surface area contributed by atoms with Gasteiger partial charge in [-0.15, -0.1) is 0 Å². The predicted molar refractivity (Wildman–Crippen MR) is 140 cm³/mol. The molecule has 166 valence electrons. The first-order chi connectivity index (χ1) is 16.5. The van der Waals surface area contributed by atoms with Crippen molar-refractivity contribution in [2.75, 3.05) is 0 Å². The molecule has 5 aromatic rings. The number of hydrogen-bond donors (Lipinski definition) is 0. The zero-order valence-corrected chi connectivity index (χ0v) is 20.8. The van der Waals surface area contributed by atoms with Gasteiger partial charge >= 0.3 is 5.97 Å². The number of aliphatic imine (C=N–C) groups is 1. The molecule has 0 aliphatic rings. The normalized spacial score (nSPS) is 11.2. The number of esters is 1. The molecule has 0 aliphatic heterocycles. The number of carbonyl (C=O) groups excluding carboxylic acids is 1. The Morgan fingerprint density at radius 2 is 1.65 bits per heavy atom. The fourth-order valence-corrected chi connectivity index (χ4v) is 4.09. The molecule has 0 spiro atoms. The molecule has 0 saturated heterocycles. The minimum atomic E-state index is -0.411. The molecule has 0 amide bonds. The van der Waals surface area contributed by atoms with Gasteiger partial charge in [0, 0.05) is 20.7 Å². The molecule has 34 heavy (non-hydrogen) atoms. The Hall–Kier alpha value is -3.55. The third-order valence-corrected chi connectivity index (χ3v) is 5.94. The van der Waals surface area contributed by atoms with Crippen molar-refractivity contribution in [3.05, 3.63) is 111 Å². The zero-order valence-electron chi connectivity index (χ0n) is 17.6. The van der Waals surface area contributed by atoms with Gasteiger partial charge in [-0.2, -0.15) is 0 Å². The van der Waals surface area contributed by atoms with E-state index in [4.69, 9.17) is 9.15 Å². The lowest BCUT2D eigenvalue weighted by Crippen LogP contribution is -2.08. The Morgan fingerprint density at radius 3 is 2.41 bits per heavy atom. The number of ether oxygens (including phenoxy) is 1. The second-order valence-corrected chi connectivity index (χ2v) is 9.24. The van der Waals surface area contributed by atoms with Crippen LogP contribution in [0.3, 0.4) is 0 Å². The molecule has 0 N–H and O–H groups in total. The van der Waals surface area contributed by atoms with E-state index in [0.717, 1.165) is 31.3 Å². The standard InChI is InChI=1S/C27H16Br2N2O3/c28-20-5-1-3-18(13-20)26-31-24-15-22(9-12-25(24)34-26)30-16-17-7-10-23(11-8-17)33-27(32)19-4-2-6-21(29)14-19/h1-16H. The van der Waals surface area contributed by atoms with Crippen LogP contribution in [0.1, 0.15) is 15.9 Å². The number of carbonyl (C=O) groups is 1. The Morgan fingerprint density at radius 1 is 0.882 bits per heavy atom. The first-order valence-electron chi connectivity index (χ1n) is 10.3. The molecule has 7 heteroatoms. The summed E-state index contributed by atoms with van der Waals surface area (Å²) in [4.78, 5) is 21.4. The lowest BCUT2D eigenvalue weighted by Gasteiger charge is -2.05. The van der Waals surface area contributed by atoms with Gasteiger partial charge in [0.1, 0.15) is 11.3 Å². The molecule has 0 saturated carbocycles. The molecule has 4 aromatic carbocycles. The second kappa shape index (κ2) is 9.75. The van der Waals surface area contributed by atoms with Crippen LogP contribution in [0.25, 0.3) is 22.6 Å². The number of rotatable bonds is 5. The minimum absolute atomic E-state index is 0.411. The number of nitrogens with zero attached hydrogens (tertiary/aromatic N) is 2. The molecule has 1 heterocycles. The van der Waals surface area contributed by atoms with E-state index < -0.39 is 5.97 Å². The van der Waals surface area contributed by atoms with Crippen molar-refractivity contribution in [2.45, 2.75) is 0 Å². The van der Waals surface area contributed by atoms with Gasteiger partial charge in [-0.3, -0.25) is 4.99 Å². The summed E-state index contributed by atoms with van der Waals surface area (Å²) in [7, 11) is 0. The summed E-state index contributed by atoms with van der Waals surface area (Å²) < 4.78 is 13.1. The van der Waals surface area contributed by atoms with Crippen molar-refractivity contribution in [3.63, 3.8) is 0 Å². The number of benzene rings is 4. The second-order valence-electron chi connectivity index (χ2n) is 7.41. The van der Waals surface area contributed by atoms with Gasteiger partial charge in [0.15, 0.2) is 5.58 Å². The number of oxazole rings is 1. The Balaban J connectivity index is 1.29.